The van der Waals surface area contributed by atoms with Crippen molar-refractivity contribution in [3.05, 3.63) is 59.4 Å². The summed E-state index contributed by atoms with van der Waals surface area (Å²) >= 11 is 1.36. The van der Waals surface area contributed by atoms with Crippen molar-refractivity contribution in [3.8, 4) is 5.69 Å². The molecule has 0 aliphatic heterocycles. The monoisotopic (exact) mass is 449 g/mol. The van der Waals surface area contributed by atoms with Crippen molar-refractivity contribution in [2.75, 3.05) is 16.4 Å². The second-order valence-corrected chi connectivity index (χ2v) is 8.92. The van der Waals surface area contributed by atoms with Crippen molar-refractivity contribution < 1.29 is 9.59 Å². The molecule has 1 heterocycles. The number of aromatic nitrogens is 3. The van der Waals surface area contributed by atoms with E-state index in [1.807, 2.05) is 54.0 Å². The van der Waals surface area contributed by atoms with Crippen LogP contribution in [-0.2, 0) is 16.0 Å². The molecule has 0 unspecified atom stereocenters. The Hall–Kier alpha value is -3.13. The number of benzene rings is 2. The van der Waals surface area contributed by atoms with Crippen LogP contribution in [0.25, 0.3) is 5.69 Å². The number of para-hydroxylation sites is 1. The molecular formula is C24H27N5O2S. The topological polar surface area (TPSA) is 88.9 Å². The van der Waals surface area contributed by atoms with Gasteiger partial charge in [0, 0.05) is 24.2 Å². The summed E-state index contributed by atoms with van der Waals surface area (Å²) < 4.78 is 2.01. The van der Waals surface area contributed by atoms with Gasteiger partial charge in [0.05, 0.1) is 11.4 Å². The number of rotatable bonds is 8. The first-order chi connectivity index (χ1) is 15.5. The lowest BCUT2D eigenvalue weighted by molar-refractivity contribution is -0.114. The van der Waals surface area contributed by atoms with Gasteiger partial charge in [0.15, 0.2) is 5.16 Å². The molecule has 0 spiro atoms. The Balaban J connectivity index is 1.54. The van der Waals surface area contributed by atoms with E-state index in [0.29, 0.717) is 16.8 Å². The Labute approximate surface area is 192 Å². The Bertz CT molecular complexity index is 1150. The average Bonchev–Trinajstić information content (AvgIpc) is 3.52. The predicted molar refractivity (Wildman–Crippen MR) is 128 cm³/mol. The molecule has 4 rings (SSSR count). The second-order valence-electron chi connectivity index (χ2n) is 7.98. The summed E-state index contributed by atoms with van der Waals surface area (Å²) in [4.78, 5) is 24.2. The van der Waals surface area contributed by atoms with Gasteiger partial charge in [0.1, 0.15) is 5.82 Å². The number of hydrogen-bond donors (Lipinski definition) is 2. The first kappa shape index (κ1) is 22.1. The maximum Gasteiger partial charge on any atom is 0.234 e. The fourth-order valence-electron chi connectivity index (χ4n) is 3.66. The van der Waals surface area contributed by atoms with Gasteiger partial charge < -0.3 is 10.6 Å². The van der Waals surface area contributed by atoms with Gasteiger partial charge in [-0.25, -0.2) is 0 Å². The van der Waals surface area contributed by atoms with E-state index in [4.69, 9.17) is 0 Å². The number of carbonyl (C=O) groups is 2. The summed E-state index contributed by atoms with van der Waals surface area (Å²) in [6.45, 7) is 5.57. The van der Waals surface area contributed by atoms with Gasteiger partial charge in [-0.15, -0.1) is 10.2 Å². The summed E-state index contributed by atoms with van der Waals surface area (Å²) in [6, 6.07) is 13.7. The van der Waals surface area contributed by atoms with E-state index in [9.17, 15) is 9.59 Å². The predicted octanol–water partition coefficient (Wildman–Crippen LogP) is 4.70. The molecule has 32 heavy (non-hydrogen) atoms. The van der Waals surface area contributed by atoms with E-state index in [0.717, 1.165) is 47.6 Å². The van der Waals surface area contributed by atoms with Crippen LogP contribution in [-0.4, -0.2) is 32.3 Å². The molecule has 1 fully saturated rings. The molecule has 166 valence electrons. The molecule has 1 saturated carbocycles. The third-order valence-corrected chi connectivity index (χ3v) is 6.29. The van der Waals surface area contributed by atoms with Gasteiger partial charge >= 0.3 is 0 Å². The number of aryl methyl sites for hydroxylation is 2. The molecular weight excluding hydrogens is 422 g/mol. The number of anilines is 2. The van der Waals surface area contributed by atoms with Crippen LogP contribution in [0.15, 0.2) is 47.6 Å². The fourth-order valence-corrected chi connectivity index (χ4v) is 4.42. The van der Waals surface area contributed by atoms with Gasteiger partial charge in [0.25, 0.3) is 0 Å². The molecule has 1 aliphatic carbocycles. The van der Waals surface area contributed by atoms with Crippen LogP contribution in [0, 0.1) is 6.92 Å². The molecule has 0 saturated heterocycles. The number of carbonyl (C=O) groups excluding carboxylic acids is 2. The Kier molecular flexibility index (Phi) is 6.60. The zero-order chi connectivity index (χ0) is 22.7. The van der Waals surface area contributed by atoms with Crippen molar-refractivity contribution in [1.29, 1.82) is 0 Å². The highest BCUT2D eigenvalue weighted by Gasteiger charge is 2.31. The van der Waals surface area contributed by atoms with Crippen LogP contribution >= 0.6 is 11.8 Å². The van der Waals surface area contributed by atoms with E-state index in [1.165, 1.54) is 18.7 Å². The molecule has 1 aromatic heterocycles. The van der Waals surface area contributed by atoms with Gasteiger partial charge in [0.2, 0.25) is 11.8 Å². The van der Waals surface area contributed by atoms with E-state index < -0.39 is 0 Å². The Morgan fingerprint density at radius 2 is 1.91 bits per heavy atom. The normalized spacial score (nSPS) is 13.1. The minimum absolute atomic E-state index is 0.0754. The minimum atomic E-state index is -0.123. The number of hydrogen-bond acceptors (Lipinski definition) is 5. The summed E-state index contributed by atoms with van der Waals surface area (Å²) in [5, 5.41) is 15.4. The zero-order valence-electron chi connectivity index (χ0n) is 18.5. The first-order valence-corrected chi connectivity index (χ1v) is 11.8. The molecule has 2 aromatic carbocycles. The van der Waals surface area contributed by atoms with Gasteiger partial charge in [-0.2, -0.15) is 0 Å². The molecule has 0 atom stereocenters. The molecule has 0 radical (unpaired) electrons. The quantitative estimate of drug-likeness (QED) is 0.487. The molecule has 2 N–H and O–H groups in total. The van der Waals surface area contributed by atoms with Crippen molar-refractivity contribution in [3.63, 3.8) is 0 Å². The smallest absolute Gasteiger partial charge is 0.234 e. The van der Waals surface area contributed by atoms with Crippen LogP contribution in [0.5, 0.6) is 0 Å². The molecule has 3 aromatic rings. The van der Waals surface area contributed by atoms with Crippen LogP contribution in [0.1, 0.15) is 49.6 Å². The Morgan fingerprint density at radius 3 is 2.62 bits per heavy atom. The molecule has 7 nitrogen and oxygen atoms in total. The highest BCUT2D eigenvalue weighted by Crippen LogP contribution is 2.41. The Morgan fingerprint density at radius 1 is 1.12 bits per heavy atom. The molecule has 1 aliphatic rings. The van der Waals surface area contributed by atoms with Crippen LogP contribution in [0.3, 0.4) is 0 Å². The van der Waals surface area contributed by atoms with E-state index in [2.05, 4.69) is 27.8 Å². The maximum absolute atomic E-state index is 12.7. The van der Waals surface area contributed by atoms with Crippen molar-refractivity contribution in [2.24, 2.45) is 0 Å². The number of thioether (sulfide) groups is 1. The number of amides is 2. The zero-order valence-corrected chi connectivity index (χ0v) is 19.3. The second kappa shape index (κ2) is 9.56. The van der Waals surface area contributed by atoms with Crippen LogP contribution in [0.4, 0.5) is 11.4 Å². The average molecular weight is 450 g/mol. The fraction of sp³-hybridized carbons (Fsp3) is 0.333. The summed E-state index contributed by atoms with van der Waals surface area (Å²) in [5.74, 6) is 1.32. The molecule has 0 bridgehead atoms. The number of nitrogens with one attached hydrogen (secondary N) is 2. The lowest BCUT2D eigenvalue weighted by atomic mass is 10.1. The van der Waals surface area contributed by atoms with Gasteiger partial charge in [-0.05, 0) is 55.5 Å². The maximum atomic E-state index is 12.7. The van der Waals surface area contributed by atoms with Crippen molar-refractivity contribution in [2.45, 2.75) is 51.1 Å². The van der Waals surface area contributed by atoms with E-state index in [-0.39, 0.29) is 17.6 Å². The highest BCUT2D eigenvalue weighted by molar-refractivity contribution is 7.99. The van der Waals surface area contributed by atoms with Gasteiger partial charge in [-0.1, -0.05) is 43.0 Å². The highest BCUT2D eigenvalue weighted by atomic mass is 32.2. The third-order valence-electron chi connectivity index (χ3n) is 5.36. The summed E-state index contributed by atoms with van der Waals surface area (Å²) in [7, 11) is 0. The molecule has 2 amide bonds. The number of nitrogens with zero attached hydrogens (tertiary/aromatic N) is 3. The van der Waals surface area contributed by atoms with E-state index >= 15 is 0 Å². The van der Waals surface area contributed by atoms with E-state index in [1.54, 1.807) is 0 Å². The summed E-state index contributed by atoms with van der Waals surface area (Å²) in [6.07, 6.45) is 3.03. The van der Waals surface area contributed by atoms with Crippen LogP contribution < -0.4 is 10.6 Å². The third kappa shape index (κ3) is 5.02. The minimum Gasteiger partial charge on any atom is -0.326 e. The van der Waals surface area contributed by atoms with Crippen LogP contribution in [0.2, 0.25) is 0 Å². The van der Waals surface area contributed by atoms with Crippen molar-refractivity contribution >= 4 is 35.0 Å². The van der Waals surface area contributed by atoms with Gasteiger partial charge in [-0.3, -0.25) is 14.2 Å². The standard InChI is InChI=1S/C24H27N5O2S/c1-4-17-8-5-7-15(2)22(17)26-21(31)14-32-24-28-27-23(18-11-12-18)29(24)20-10-6-9-19(13-20)25-16(3)30/h5-10,13,18H,4,11-12,14H2,1-3H3,(H,25,30)(H,26,31). The lowest BCUT2D eigenvalue weighted by Gasteiger charge is -2.14. The SMILES string of the molecule is CCc1cccc(C)c1NC(=O)CSc1nnc(C2CC2)n1-c1cccc(NC(C)=O)c1. The summed E-state index contributed by atoms with van der Waals surface area (Å²) in [5.41, 5.74) is 4.65. The first-order valence-electron chi connectivity index (χ1n) is 10.8. The van der Waals surface area contributed by atoms with Crippen molar-refractivity contribution in [1.82, 2.24) is 14.8 Å². The molecule has 8 heteroatoms. The largest absolute Gasteiger partial charge is 0.326 e. The lowest BCUT2D eigenvalue weighted by Crippen LogP contribution is -2.16.